The number of aryl methyl sites for hydroxylation is 1. The molecule has 23 heavy (non-hydrogen) atoms. The number of ketones is 1. The number of ether oxygens (including phenoxy) is 1. The summed E-state index contributed by atoms with van der Waals surface area (Å²) >= 11 is 6.06. The Kier molecular flexibility index (Phi) is 3.41. The van der Waals surface area contributed by atoms with Crippen LogP contribution in [0.4, 0.5) is 0 Å². The van der Waals surface area contributed by atoms with Crippen molar-refractivity contribution in [1.29, 1.82) is 0 Å². The van der Waals surface area contributed by atoms with E-state index in [1.165, 1.54) is 0 Å². The number of halogens is 1. The van der Waals surface area contributed by atoms with Crippen molar-refractivity contribution in [2.24, 2.45) is 5.92 Å². The van der Waals surface area contributed by atoms with Crippen LogP contribution in [0.5, 0.6) is 5.75 Å². The molecule has 0 atom stereocenters. The highest BCUT2D eigenvalue weighted by molar-refractivity contribution is 6.31. The number of rotatable bonds is 1. The third kappa shape index (κ3) is 2.63. The van der Waals surface area contributed by atoms with Crippen molar-refractivity contribution in [3.63, 3.8) is 0 Å². The van der Waals surface area contributed by atoms with Crippen LogP contribution in [-0.4, -0.2) is 35.3 Å². The van der Waals surface area contributed by atoms with E-state index in [0.29, 0.717) is 35.8 Å². The summed E-state index contributed by atoms with van der Waals surface area (Å²) in [6, 6.07) is 3.53. The first-order valence-electron chi connectivity index (χ1n) is 8.29. The van der Waals surface area contributed by atoms with E-state index in [2.05, 4.69) is 0 Å². The van der Waals surface area contributed by atoms with E-state index in [1.54, 1.807) is 6.07 Å². The molecule has 0 bridgehead atoms. The van der Waals surface area contributed by atoms with Gasteiger partial charge in [-0.15, -0.1) is 0 Å². The number of nitrogens with zero attached hydrogens (tertiary/aromatic N) is 1. The molecule has 1 amide bonds. The van der Waals surface area contributed by atoms with E-state index in [1.807, 2.05) is 17.9 Å². The molecule has 122 valence electrons. The topological polar surface area (TPSA) is 46.6 Å². The Bertz CT molecular complexity index is 688. The molecule has 4 nitrogen and oxygen atoms in total. The summed E-state index contributed by atoms with van der Waals surface area (Å²) in [6.07, 6.45) is 3.88. The quantitative estimate of drug-likeness (QED) is 0.791. The molecule has 1 aliphatic carbocycles. The lowest BCUT2D eigenvalue weighted by molar-refractivity contribution is -0.136. The highest BCUT2D eigenvalue weighted by Crippen LogP contribution is 2.42. The van der Waals surface area contributed by atoms with Gasteiger partial charge in [0.25, 0.3) is 0 Å². The zero-order valence-electron chi connectivity index (χ0n) is 13.2. The summed E-state index contributed by atoms with van der Waals surface area (Å²) in [4.78, 5) is 26.7. The zero-order chi connectivity index (χ0) is 16.2. The molecule has 1 aromatic carbocycles. The number of Topliss-reactive ketones (excluding diaryl/α,β-unsaturated/α-hetero) is 1. The average molecular weight is 334 g/mol. The molecule has 1 spiro atoms. The van der Waals surface area contributed by atoms with Crippen molar-refractivity contribution >= 4 is 23.3 Å². The number of benzene rings is 1. The number of carbonyl (C=O) groups is 2. The highest BCUT2D eigenvalue weighted by atomic mass is 35.5. The zero-order valence-corrected chi connectivity index (χ0v) is 14.0. The molecule has 0 aromatic heterocycles. The SMILES string of the molecule is Cc1cc(Cl)cc2c1OC1(CCN(C(=O)C3CC3)CC1)CC2=O. The number of amides is 1. The molecule has 1 saturated carbocycles. The number of hydrogen-bond acceptors (Lipinski definition) is 3. The van der Waals surface area contributed by atoms with Crippen molar-refractivity contribution in [2.75, 3.05) is 13.1 Å². The fraction of sp³-hybridized carbons (Fsp3) is 0.556. The second kappa shape index (κ2) is 5.23. The van der Waals surface area contributed by atoms with Gasteiger partial charge in [0.2, 0.25) is 5.91 Å². The van der Waals surface area contributed by atoms with Gasteiger partial charge >= 0.3 is 0 Å². The fourth-order valence-corrected chi connectivity index (χ4v) is 3.99. The third-order valence-corrected chi connectivity index (χ3v) is 5.47. The molecule has 0 radical (unpaired) electrons. The summed E-state index contributed by atoms with van der Waals surface area (Å²) in [5, 5.41) is 0.569. The van der Waals surface area contributed by atoms with Crippen molar-refractivity contribution in [3.8, 4) is 5.75 Å². The predicted molar refractivity (Wildman–Crippen MR) is 87.0 cm³/mol. The van der Waals surface area contributed by atoms with E-state index in [-0.39, 0.29) is 17.6 Å². The summed E-state index contributed by atoms with van der Waals surface area (Å²) < 4.78 is 6.30. The normalized spacial score (nSPS) is 22.7. The van der Waals surface area contributed by atoms with Gasteiger partial charge in [-0.3, -0.25) is 9.59 Å². The van der Waals surface area contributed by atoms with Crippen molar-refractivity contribution < 1.29 is 14.3 Å². The minimum absolute atomic E-state index is 0.0961. The van der Waals surface area contributed by atoms with E-state index in [4.69, 9.17) is 16.3 Å². The summed E-state index contributed by atoms with van der Waals surface area (Å²) in [5.41, 5.74) is 1.04. The van der Waals surface area contributed by atoms with Gasteiger partial charge in [0.15, 0.2) is 5.78 Å². The molecular weight excluding hydrogens is 314 g/mol. The second-order valence-electron chi connectivity index (χ2n) is 7.08. The monoisotopic (exact) mass is 333 g/mol. The molecule has 4 rings (SSSR count). The molecule has 0 unspecified atom stereocenters. The van der Waals surface area contributed by atoms with Crippen LogP contribution < -0.4 is 4.74 Å². The lowest BCUT2D eigenvalue weighted by Gasteiger charge is -2.44. The lowest BCUT2D eigenvalue weighted by atomic mass is 9.82. The Morgan fingerprint density at radius 1 is 1.30 bits per heavy atom. The maximum Gasteiger partial charge on any atom is 0.225 e. The standard InChI is InChI=1S/C18H20ClNO3/c1-11-8-13(19)9-14-15(21)10-18(23-16(11)14)4-6-20(7-5-18)17(22)12-2-3-12/h8-9,12H,2-7,10H2,1H3. The molecule has 2 heterocycles. The van der Waals surface area contributed by atoms with Crippen LogP contribution >= 0.6 is 11.6 Å². The van der Waals surface area contributed by atoms with Crippen LogP contribution in [0.25, 0.3) is 0 Å². The molecule has 1 saturated heterocycles. The molecule has 5 heteroatoms. The average Bonchev–Trinajstić information content (AvgIpc) is 3.34. The first-order chi connectivity index (χ1) is 11.0. The van der Waals surface area contributed by atoms with Crippen LogP contribution in [0, 0.1) is 12.8 Å². The molecule has 1 aromatic rings. The Labute approximate surface area is 140 Å². The van der Waals surface area contributed by atoms with Crippen molar-refractivity contribution in [3.05, 3.63) is 28.3 Å². The van der Waals surface area contributed by atoms with Crippen LogP contribution in [-0.2, 0) is 4.79 Å². The van der Waals surface area contributed by atoms with Gasteiger partial charge in [-0.1, -0.05) is 11.6 Å². The molecule has 0 N–H and O–H groups in total. The van der Waals surface area contributed by atoms with Gasteiger partial charge in [0, 0.05) is 36.9 Å². The lowest BCUT2D eigenvalue weighted by Crippen LogP contribution is -2.52. The number of carbonyl (C=O) groups excluding carboxylic acids is 2. The van der Waals surface area contributed by atoms with E-state index in [9.17, 15) is 9.59 Å². The van der Waals surface area contributed by atoms with E-state index in [0.717, 1.165) is 31.2 Å². The Morgan fingerprint density at radius 3 is 2.65 bits per heavy atom. The smallest absolute Gasteiger partial charge is 0.225 e. The Balaban J connectivity index is 1.55. The van der Waals surface area contributed by atoms with Gasteiger partial charge in [0.1, 0.15) is 11.4 Å². The number of piperidine rings is 1. The molecule has 2 aliphatic heterocycles. The van der Waals surface area contributed by atoms with Crippen molar-refractivity contribution in [1.82, 2.24) is 4.90 Å². The predicted octanol–water partition coefficient (Wildman–Crippen LogP) is 3.38. The summed E-state index contributed by atoms with van der Waals surface area (Å²) in [7, 11) is 0. The fourth-order valence-electron chi connectivity index (χ4n) is 3.71. The molecular formula is C18H20ClNO3. The van der Waals surface area contributed by atoms with Gasteiger partial charge in [0.05, 0.1) is 12.0 Å². The van der Waals surface area contributed by atoms with Crippen LogP contribution in [0.15, 0.2) is 12.1 Å². The van der Waals surface area contributed by atoms with Gasteiger partial charge in [-0.25, -0.2) is 0 Å². The maximum absolute atomic E-state index is 12.6. The van der Waals surface area contributed by atoms with Crippen LogP contribution in [0.2, 0.25) is 5.02 Å². The Morgan fingerprint density at radius 2 is 2.00 bits per heavy atom. The highest BCUT2D eigenvalue weighted by Gasteiger charge is 2.45. The van der Waals surface area contributed by atoms with Crippen LogP contribution in [0.3, 0.4) is 0 Å². The second-order valence-corrected chi connectivity index (χ2v) is 7.52. The van der Waals surface area contributed by atoms with Crippen molar-refractivity contribution in [2.45, 2.75) is 44.6 Å². The first-order valence-corrected chi connectivity index (χ1v) is 8.66. The molecule has 3 aliphatic rings. The minimum Gasteiger partial charge on any atom is -0.486 e. The van der Waals surface area contributed by atoms with Gasteiger partial charge in [-0.2, -0.15) is 0 Å². The summed E-state index contributed by atoms with van der Waals surface area (Å²) in [5.74, 6) is 1.31. The number of fused-ring (bicyclic) bond motifs is 1. The van der Waals surface area contributed by atoms with E-state index >= 15 is 0 Å². The molecule has 2 fully saturated rings. The van der Waals surface area contributed by atoms with E-state index < -0.39 is 5.60 Å². The largest absolute Gasteiger partial charge is 0.486 e. The maximum atomic E-state index is 12.6. The van der Waals surface area contributed by atoms with Gasteiger partial charge in [-0.05, 0) is 37.5 Å². The summed E-state index contributed by atoms with van der Waals surface area (Å²) in [6.45, 7) is 3.29. The number of likely N-dealkylation sites (tertiary alicyclic amines) is 1. The third-order valence-electron chi connectivity index (χ3n) is 5.25. The van der Waals surface area contributed by atoms with Crippen LogP contribution in [0.1, 0.15) is 48.0 Å². The minimum atomic E-state index is -0.455. The Hall–Kier alpha value is -1.55. The van der Waals surface area contributed by atoms with Gasteiger partial charge < -0.3 is 9.64 Å². The number of hydrogen-bond donors (Lipinski definition) is 0. The first kappa shape index (κ1) is 15.0.